The quantitative estimate of drug-likeness (QED) is 0.788. The Morgan fingerprint density at radius 2 is 1.90 bits per heavy atom. The molecule has 0 saturated heterocycles. The molecule has 2 aliphatic carbocycles. The summed E-state index contributed by atoms with van der Waals surface area (Å²) in [4.78, 5) is 23.4. The van der Waals surface area contributed by atoms with Crippen LogP contribution in [0.4, 0.5) is 0 Å². The van der Waals surface area contributed by atoms with Crippen LogP contribution < -0.4 is 5.32 Å². The molecular formula is C16H27NO3. The van der Waals surface area contributed by atoms with Gasteiger partial charge in [-0.1, -0.05) is 27.2 Å². The van der Waals surface area contributed by atoms with Gasteiger partial charge < -0.3 is 10.1 Å². The Morgan fingerprint density at radius 3 is 2.50 bits per heavy atom. The molecule has 0 spiro atoms. The Morgan fingerprint density at radius 1 is 1.20 bits per heavy atom. The molecule has 114 valence electrons. The Bertz CT molecular complexity index is 363. The fourth-order valence-corrected chi connectivity index (χ4v) is 3.11. The summed E-state index contributed by atoms with van der Waals surface area (Å²) in [5.74, 6) is 1.45. The number of nitrogens with one attached hydrogen (secondary N) is 1. The Labute approximate surface area is 121 Å². The molecule has 0 bridgehead atoms. The van der Waals surface area contributed by atoms with E-state index in [0.29, 0.717) is 17.8 Å². The smallest absolute Gasteiger partial charge is 0.325 e. The van der Waals surface area contributed by atoms with Crippen LogP contribution >= 0.6 is 0 Å². The lowest BCUT2D eigenvalue weighted by Crippen LogP contribution is -2.39. The minimum Gasteiger partial charge on any atom is -0.461 e. The monoisotopic (exact) mass is 281 g/mol. The van der Waals surface area contributed by atoms with Crippen molar-refractivity contribution in [1.82, 2.24) is 5.32 Å². The van der Waals surface area contributed by atoms with Crippen molar-refractivity contribution < 1.29 is 14.3 Å². The van der Waals surface area contributed by atoms with Crippen LogP contribution in [0.3, 0.4) is 0 Å². The third kappa shape index (κ3) is 4.22. The Hall–Kier alpha value is -1.06. The minimum atomic E-state index is -0.288. The number of rotatable bonds is 5. The second kappa shape index (κ2) is 6.59. The molecule has 2 fully saturated rings. The lowest BCUT2D eigenvalue weighted by atomic mass is 9.75. The molecule has 4 nitrogen and oxygen atoms in total. The third-order valence-corrected chi connectivity index (χ3v) is 4.60. The van der Waals surface area contributed by atoms with Crippen molar-refractivity contribution >= 4 is 11.9 Å². The molecule has 4 heteroatoms. The molecule has 0 radical (unpaired) electrons. The molecule has 0 aromatic carbocycles. The summed E-state index contributed by atoms with van der Waals surface area (Å²) in [6.07, 6.45) is 5.22. The van der Waals surface area contributed by atoms with E-state index in [1.54, 1.807) is 0 Å². The van der Waals surface area contributed by atoms with Crippen molar-refractivity contribution in [3.05, 3.63) is 0 Å². The highest BCUT2D eigenvalue weighted by molar-refractivity contribution is 5.84. The summed E-state index contributed by atoms with van der Waals surface area (Å²) < 4.78 is 5.63. The van der Waals surface area contributed by atoms with Crippen LogP contribution in [0.1, 0.15) is 52.9 Å². The second-order valence-corrected chi connectivity index (χ2v) is 6.85. The molecule has 2 aliphatic rings. The lowest BCUT2D eigenvalue weighted by molar-refractivity contribution is -0.155. The SMILES string of the molecule is CC(C)[C@@H]1CC[C@@H](C)C[C@@H]1OC(=O)CNC(=O)C1CC1. The highest BCUT2D eigenvalue weighted by Gasteiger charge is 2.34. The van der Waals surface area contributed by atoms with Crippen LogP contribution in [-0.4, -0.2) is 24.5 Å². The number of hydrogen-bond donors (Lipinski definition) is 1. The van der Waals surface area contributed by atoms with E-state index in [2.05, 4.69) is 26.1 Å². The molecule has 1 amide bonds. The fourth-order valence-electron chi connectivity index (χ4n) is 3.11. The summed E-state index contributed by atoms with van der Waals surface area (Å²) in [6, 6.07) is 0. The molecular weight excluding hydrogens is 254 g/mol. The van der Waals surface area contributed by atoms with E-state index in [1.807, 2.05) is 0 Å². The van der Waals surface area contributed by atoms with E-state index in [0.717, 1.165) is 25.7 Å². The maximum atomic E-state index is 11.9. The fraction of sp³-hybridized carbons (Fsp3) is 0.875. The van der Waals surface area contributed by atoms with E-state index in [4.69, 9.17) is 4.74 Å². The van der Waals surface area contributed by atoms with Crippen LogP contribution in [-0.2, 0) is 14.3 Å². The van der Waals surface area contributed by atoms with Crippen LogP contribution in [0, 0.1) is 23.7 Å². The normalized spacial score (nSPS) is 30.1. The number of ether oxygens (including phenoxy) is 1. The molecule has 1 N–H and O–H groups in total. The van der Waals surface area contributed by atoms with Gasteiger partial charge in [0.05, 0.1) is 0 Å². The van der Waals surface area contributed by atoms with E-state index in [-0.39, 0.29) is 30.4 Å². The van der Waals surface area contributed by atoms with Crippen molar-refractivity contribution in [1.29, 1.82) is 0 Å². The van der Waals surface area contributed by atoms with Crippen molar-refractivity contribution in [3.63, 3.8) is 0 Å². The van der Waals surface area contributed by atoms with Gasteiger partial charge in [0.1, 0.15) is 12.6 Å². The summed E-state index contributed by atoms with van der Waals surface area (Å²) in [5.41, 5.74) is 0. The topological polar surface area (TPSA) is 55.4 Å². The molecule has 0 unspecified atom stereocenters. The van der Waals surface area contributed by atoms with Gasteiger partial charge in [-0.25, -0.2) is 0 Å². The predicted octanol–water partition coefficient (Wildman–Crippen LogP) is 2.52. The van der Waals surface area contributed by atoms with Crippen LogP contribution in [0.25, 0.3) is 0 Å². The van der Waals surface area contributed by atoms with Gasteiger partial charge in [-0.15, -0.1) is 0 Å². The van der Waals surface area contributed by atoms with Gasteiger partial charge >= 0.3 is 5.97 Å². The van der Waals surface area contributed by atoms with Crippen LogP contribution in [0.15, 0.2) is 0 Å². The van der Waals surface area contributed by atoms with Crippen molar-refractivity contribution in [2.24, 2.45) is 23.7 Å². The maximum absolute atomic E-state index is 11.9. The van der Waals surface area contributed by atoms with Crippen LogP contribution in [0.2, 0.25) is 0 Å². The minimum absolute atomic E-state index is 0.000582. The van der Waals surface area contributed by atoms with Crippen molar-refractivity contribution in [2.75, 3.05) is 6.54 Å². The molecule has 0 heterocycles. The largest absolute Gasteiger partial charge is 0.461 e. The van der Waals surface area contributed by atoms with Crippen LogP contribution in [0.5, 0.6) is 0 Å². The summed E-state index contributed by atoms with van der Waals surface area (Å²) >= 11 is 0. The molecule has 0 aromatic rings. The van der Waals surface area contributed by atoms with Gasteiger partial charge in [0, 0.05) is 5.92 Å². The van der Waals surface area contributed by atoms with Gasteiger partial charge in [-0.2, -0.15) is 0 Å². The predicted molar refractivity (Wildman–Crippen MR) is 77.0 cm³/mol. The first kappa shape index (κ1) is 15.3. The zero-order valence-electron chi connectivity index (χ0n) is 12.9. The van der Waals surface area contributed by atoms with Crippen molar-refractivity contribution in [3.8, 4) is 0 Å². The maximum Gasteiger partial charge on any atom is 0.325 e. The van der Waals surface area contributed by atoms with Gasteiger partial charge in [-0.05, 0) is 43.4 Å². The molecule has 20 heavy (non-hydrogen) atoms. The summed E-state index contributed by atoms with van der Waals surface area (Å²) in [5, 5.41) is 2.68. The summed E-state index contributed by atoms with van der Waals surface area (Å²) in [7, 11) is 0. The van der Waals surface area contributed by atoms with E-state index >= 15 is 0 Å². The van der Waals surface area contributed by atoms with E-state index in [1.165, 1.54) is 6.42 Å². The highest BCUT2D eigenvalue weighted by Crippen LogP contribution is 2.35. The molecule has 0 aliphatic heterocycles. The average Bonchev–Trinajstić information content (AvgIpc) is 3.19. The van der Waals surface area contributed by atoms with Gasteiger partial charge in [0.25, 0.3) is 0 Å². The number of amides is 1. The number of carbonyl (C=O) groups is 2. The molecule has 0 aromatic heterocycles. The highest BCUT2D eigenvalue weighted by atomic mass is 16.5. The standard InChI is InChI=1S/C16H27NO3/c1-10(2)13-7-4-11(3)8-14(13)20-15(18)9-17-16(19)12-5-6-12/h10-14H,4-9H2,1-3H3,(H,17,19)/t11-,13+,14+/m1/s1. The van der Waals surface area contributed by atoms with E-state index in [9.17, 15) is 9.59 Å². The first-order valence-corrected chi connectivity index (χ1v) is 7.94. The third-order valence-electron chi connectivity index (χ3n) is 4.60. The first-order chi connectivity index (χ1) is 9.47. The number of carbonyl (C=O) groups excluding carboxylic acids is 2. The van der Waals surface area contributed by atoms with Gasteiger partial charge in [0.2, 0.25) is 5.91 Å². The zero-order chi connectivity index (χ0) is 14.7. The van der Waals surface area contributed by atoms with E-state index < -0.39 is 0 Å². The summed E-state index contributed by atoms with van der Waals surface area (Å²) in [6.45, 7) is 6.62. The van der Waals surface area contributed by atoms with Gasteiger partial charge in [-0.3, -0.25) is 9.59 Å². The average molecular weight is 281 g/mol. The second-order valence-electron chi connectivity index (χ2n) is 6.85. The first-order valence-electron chi connectivity index (χ1n) is 7.94. The zero-order valence-corrected chi connectivity index (χ0v) is 12.9. The molecule has 3 atom stereocenters. The Balaban J connectivity index is 1.79. The lowest BCUT2D eigenvalue weighted by Gasteiger charge is -2.36. The Kier molecular flexibility index (Phi) is 5.06. The van der Waals surface area contributed by atoms with Gasteiger partial charge in [0.15, 0.2) is 0 Å². The van der Waals surface area contributed by atoms with Crippen molar-refractivity contribution in [2.45, 2.75) is 59.0 Å². The number of hydrogen-bond acceptors (Lipinski definition) is 3. The number of esters is 1. The molecule has 2 rings (SSSR count). The molecule has 2 saturated carbocycles.